The number of benzene rings is 1. The Bertz CT molecular complexity index is 325. The molecule has 0 heterocycles. The Balaban J connectivity index is 2.88. The highest BCUT2D eigenvalue weighted by molar-refractivity contribution is 6.32. The monoisotopic (exact) mass is 227 g/mol. The fraction of sp³-hybridized carbons (Fsp3) is 0.500. The van der Waals surface area contributed by atoms with Crippen molar-refractivity contribution < 1.29 is 4.74 Å². The van der Waals surface area contributed by atoms with Crippen LogP contribution >= 0.6 is 11.6 Å². The molecule has 0 aliphatic carbocycles. The van der Waals surface area contributed by atoms with Crippen LogP contribution in [0.3, 0.4) is 0 Å². The van der Waals surface area contributed by atoms with Crippen LogP contribution in [0.25, 0.3) is 0 Å². The van der Waals surface area contributed by atoms with Crippen molar-refractivity contribution in [2.75, 3.05) is 7.05 Å². The Kier molecular flexibility index (Phi) is 4.43. The van der Waals surface area contributed by atoms with Gasteiger partial charge in [-0.3, -0.25) is 0 Å². The van der Waals surface area contributed by atoms with Gasteiger partial charge in [-0.2, -0.15) is 0 Å². The van der Waals surface area contributed by atoms with Crippen LogP contribution in [-0.4, -0.2) is 13.2 Å². The molecule has 15 heavy (non-hydrogen) atoms. The molecule has 1 rings (SSSR count). The Morgan fingerprint density at radius 2 is 1.93 bits per heavy atom. The van der Waals surface area contributed by atoms with Crippen molar-refractivity contribution in [1.29, 1.82) is 0 Å². The van der Waals surface area contributed by atoms with E-state index >= 15 is 0 Å². The van der Waals surface area contributed by atoms with Crippen molar-refractivity contribution in [1.82, 2.24) is 5.32 Å². The second-order valence-electron chi connectivity index (χ2n) is 3.87. The molecular formula is C12H18ClNO. The molecule has 0 fully saturated rings. The van der Waals surface area contributed by atoms with E-state index in [1.165, 1.54) is 5.56 Å². The first-order valence-electron chi connectivity index (χ1n) is 5.18. The van der Waals surface area contributed by atoms with E-state index in [-0.39, 0.29) is 6.10 Å². The van der Waals surface area contributed by atoms with E-state index in [1.807, 2.05) is 39.1 Å². The lowest BCUT2D eigenvalue weighted by Crippen LogP contribution is -2.12. The zero-order valence-corrected chi connectivity index (χ0v) is 10.4. The lowest BCUT2D eigenvalue weighted by molar-refractivity contribution is 0.242. The lowest BCUT2D eigenvalue weighted by Gasteiger charge is -2.15. The third-order valence-corrected chi connectivity index (χ3v) is 2.55. The molecule has 1 atom stereocenters. The summed E-state index contributed by atoms with van der Waals surface area (Å²) in [5.41, 5.74) is 1.17. The minimum atomic E-state index is 0.148. The Labute approximate surface area is 96.6 Å². The summed E-state index contributed by atoms with van der Waals surface area (Å²) in [5.74, 6) is 0.749. The number of ether oxygens (including phenoxy) is 1. The van der Waals surface area contributed by atoms with Gasteiger partial charge >= 0.3 is 0 Å². The summed E-state index contributed by atoms with van der Waals surface area (Å²) in [7, 11) is 1.93. The predicted molar refractivity (Wildman–Crippen MR) is 64.7 cm³/mol. The van der Waals surface area contributed by atoms with E-state index in [4.69, 9.17) is 16.3 Å². The summed E-state index contributed by atoms with van der Waals surface area (Å²) in [6.45, 7) is 6.07. The van der Waals surface area contributed by atoms with Gasteiger partial charge in [-0.15, -0.1) is 0 Å². The Hall–Kier alpha value is -0.730. The van der Waals surface area contributed by atoms with Gasteiger partial charge in [-0.05, 0) is 45.5 Å². The van der Waals surface area contributed by atoms with E-state index in [9.17, 15) is 0 Å². The van der Waals surface area contributed by atoms with Gasteiger partial charge in [0.2, 0.25) is 0 Å². The normalized spacial score (nSPS) is 12.9. The predicted octanol–water partition coefficient (Wildman–Crippen LogP) is 3.41. The molecule has 0 amide bonds. The van der Waals surface area contributed by atoms with E-state index in [0.29, 0.717) is 11.1 Å². The smallest absolute Gasteiger partial charge is 0.138 e. The van der Waals surface area contributed by atoms with Crippen molar-refractivity contribution in [3.63, 3.8) is 0 Å². The summed E-state index contributed by atoms with van der Waals surface area (Å²) in [5, 5.41) is 3.84. The van der Waals surface area contributed by atoms with E-state index in [2.05, 4.69) is 12.2 Å². The zero-order valence-electron chi connectivity index (χ0n) is 9.67. The van der Waals surface area contributed by atoms with Gasteiger partial charge in [0.15, 0.2) is 0 Å². The first-order valence-corrected chi connectivity index (χ1v) is 5.55. The van der Waals surface area contributed by atoms with Crippen LogP contribution in [-0.2, 0) is 0 Å². The average Bonchev–Trinajstić information content (AvgIpc) is 2.19. The number of nitrogens with one attached hydrogen (secondary N) is 1. The van der Waals surface area contributed by atoms with Crippen molar-refractivity contribution in [2.24, 2.45) is 0 Å². The van der Waals surface area contributed by atoms with Gasteiger partial charge in [-0.25, -0.2) is 0 Å². The maximum atomic E-state index is 6.12. The van der Waals surface area contributed by atoms with Crippen LogP contribution in [0.2, 0.25) is 5.02 Å². The fourth-order valence-electron chi connectivity index (χ4n) is 1.30. The van der Waals surface area contributed by atoms with Gasteiger partial charge in [0, 0.05) is 6.04 Å². The molecule has 0 spiro atoms. The highest BCUT2D eigenvalue weighted by atomic mass is 35.5. The quantitative estimate of drug-likeness (QED) is 0.851. The third-order valence-electron chi connectivity index (χ3n) is 2.25. The molecule has 0 bridgehead atoms. The number of hydrogen-bond acceptors (Lipinski definition) is 2. The van der Waals surface area contributed by atoms with E-state index < -0.39 is 0 Å². The van der Waals surface area contributed by atoms with Crippen molar-refractivity contribution in [3.05, 3.63) is 28.8 Å². The van der Waals surface area contributed by atoms with Gasteiger partial charge in [0.25, 0.3) is 0 Å². The van der Waals surface area contributed by atoms with Crippen LogP contribution in [0.1, 0.15) is 32.4 Å². The van der Waals surface area contributed by atoms with Gasteiger partial charge in [0.05, 0.1) is 11.1 Å². The van der Waals surface area contributed by atoms with Crippen LogP contribution in [0.5, 0.6) is 5.75 Å². The van der Waals surface area contributed by atoms with Crippen molar-refractivity contribution in [3.8, 4) is 5.75 Å². The molecular weight excluding hydrogens is 210 g/mol. The second-order valence-corrected chi connectivity index (χ2v) is 4.27. The third kappa shape index (κ3) is 3.40. The van der Waals surface area contributed by atoms with Gasteiger partial charge in [0.1, 0.15) is 5.75 Å². The topological polar surface area (TPSA) is 21.3 Å². The SMILES string of the molecule is CNC(C)c1ccc(OC(C)C)c(Cl)c1. The van der Waals surface area contributed by atoms with E-state index in [0.717, 1.165) is 5.75 Å². The summed E-state index contributed by atoms with van der Waals surface area (Å²) >= 11 is 6.12. The molecule has 0 radical (unpaired) electrons. The first kappa shape index (κ1) is 12.3. The van der Waals surface area contributed by atoms with Crippen molar-refractivity contribution in [2.45, 2.75) is 32.9 Å². The maximum absolute atomic E-state index is 6.12. The summed E-state index contributed by atoms with van der Waals surface area (Å²) in [4.78, 5) is 0. The molecule has 84 valence electrons. The van der Waals surface area contributed by atoms with Crippen LogP contribution in [0, 0.1) is 0 Å². The largest absolute Gasteiger partial charge is 0.489 e. The molecule has 0 saturated heterocycles. The molecule has 0 saturated carbocycles. The fourth-order valence-corrected chi connectivity index (χ4v) is 1.54. The molecule has 0 aliphatic rings. The Morgan fingerprint density at radius 3 is 2.40 bits per heavy atom. The second kappa shape index (κ2) is 5.38. The Morgan fingerprint density at radius 1 is 1.27 bits per heavy atom. The summed E-state index contributed by atoms with van der Waals surface area (Å²) in [6.07, 6.45) is 0.148. The lowest BCUT2D eigenvalue weighted by atomic mass is 10.1. The average molecular weight is 228 g/mol. The van der Waals surface area contributed by atoms with Crippen LogP contribution < -0.4 is 10.1 Å². The maximum Gasteiger partial charge on any atom is 0.138 e. The molecule has 0 aliphatic heterocycles. The molecule has 1 aromatic rings. The molecule has 1 aromatic carbocycles. The van der Waals surface area contributed by atoms with Crippen LogP contribution in [0.15, 0.2) is 18.2 Å². The minimum absolute atomic E-state index is 0.148. The molecule has 1 unspecified atom stereocenters. The summed E-state index contributed by atoms with van der Waals surface area (Å²) in [6, 6.07) is 6.20. The standard InChI is InChI=1S/C12H18ClNO/c1-8(2)15-12-6-5-10(7-11(12)13)9(3)14-4/h5-9,14H,1-4H3. The molecule has 0 aromatic heterocycles. The summed E-state index contributed by atoms with van der Waals surface area (Å²) < 4.78 is 5.56. The molecule has 2 nitrogen and oxygen atoms in total. The highest BCUT2D eigenvalue weighted by Gasteiger charge is 2.08. The van der Waals surface area contributed by atoms with Gasteiger partial charge < -0.3 is 10.1 Å². The van der Waals surface area contributed by atoms with Gasteiger partial charge in [-0.1, -0.05) is 17.7 Å². The first-order chi connectivity index (χ1) is 7.04. The highest BCUT2D eigenvalue weighted by Crippen LogP contribution is 2.28. The number of halogens is 1. The zero-order chi connectivity index (χ0) is 11.4. The van der Waals surface area contributed by atoms with Crippen molar-refractivity contribution >= 4 is 11.6 Å². The molecule has 3 heteroatoms. The van der Waals surface area contributed by atoms with Crippen LogP contribution in [0.4, 0.5) is 0 Å². The minimum Gasteiger partial charge on any atom is -0.489 e. The molecule has 1 N–H and O–H groups in total. The number of rotatable bonds is 4. The number of hydrogen-bond donors (Lipinski definition) is 1. The van der Waals surface area contributed by atoms with E-state index in [1.54, 1.807) is 0 Å².